The van der Waals surface area contributed by atoms with Gasteiger partial charge in [0.05, 0.1) is 25.4 Å². The Morgan fingerprint density at radius 2 is 1.32 bits per heavy atom. The Hall–Kier alpha value is -1.98. The number of hydrogen-bond donors (Lipinski definition) is 7. The number of carbonyl (C=O) groups is 1. The Labute approximate surface area is 318 Å². The Kier molecular flexibility index (Phi) is 28.0. The minimum absolute atomic E-state index is 0.224. The van der Waals surface area contributed by atoms with E-state index in [-0.39, 0.29) is 6.42 Å². The predicted octanol–water partition coefficient (Wildman–Crippen LogP) is 5.12. The molecule has 0 saturated carbocycles. The van der Waals surface area contributed by atoms with Crippen molar-refractivity contribution in [2.24, 2.45) is 0 Å². The molecule has 7 N–H and O–H groups in total. The third-order valence-electron chi connectivity index (χ3n) is 8.93. The van der Waals surface area contributed by atoms with Crippen molar-refractivity contribution in [1.29, 1.82) is 0 Å². The third-order valence-corrected chi connectivity index (χ3v) is 9.39. The molecule has 0 aromatic carbocycles. The van der Waals surface area contributed by atoms with Crippen molar-refractivity contribution in [3.05, 3.63) is 48.6 Å². The quantitative estimate of drug-likeness (QED) is 0.0278. The molecule has 1 rings (SSSR count). The molecule has 0 aliphatic carbocycles. The molecule has 1 aliphatic heterocycles. The molecule has 13 nitrogen and oxygen atoms in total. The maximum Gasteiger partial charge on any atom is 0.397 e. The van der Waals surface area contributed by atoms with Gasteiger partial charge in [0.15, 0.2) is 6.29 Å². The predicted molar refractivity (Wildman–Crippen MR) is 205 cm³/mol. The van der Waals surface area contributed by atoms with E-state index in [2.05, 4.69) is 53.7 Å². The van der Waals surface area contributed by atoms with E-state index >= 15 is 0 Å². The zero-order chi connectivity index (χ0) is 39.3. The second-order valence-electron chi connectivity index (χ2n) is 13.6. The monoisotopic (exact) mass is 775 g/mol. The summed E-state index contributed by atoms with van der Waals surface area (Å²) in [5, 5.41) is 54.8. The molecule has 0 bridgehead atoms. The van der Waals surface area contributed by atoms with Gasteiger partial charge in [-0.05, 0) is 64.2 Å². The Morgan fingerprint density at radius 3 is 1.91 bits per heavy atom. The van der Waals surface area contributed by atoms with Crippen LogP contribution in [0.25, 0.3) is 0 Å². The number of nitrogens with one attached hydrogen (secondary N) is 1. The molecule has 8 unspecified atom stereocenters. The van der Waals surface area contributed by atoms with E-state index in [4.69, 9.17) is 14.0 Å². The van der Waals surface area contributed by atoms with Gasteiger partial charge >= 0.3 is 10.4 Å². The van der Waals surface area contributed by atoms with E-state index in [0.717, 1.165) is 70.6 Å². The lowest BCUT2D eigenvalue weighted by molar-refractivity contribution is -0.298. The standard InChI is InChI=1S/C39H69NO12S/c1-3-5-7-9-11-13-15-16-17-18-20-22-24-26-28-33(43)38(46)40-31(32(42)27-25-23-21-19-14-12-10-8-6-4-2)30-50-39-36(45)37(52-53(47,48)49)35(44)34(29-41)51-39/h6,8,13-15,19,25,27,31-37,39,41-45H,3-5,7,9-12,16-18,20-24,26,28-30H2,1-2H3,(H,40,46)(H,47,48,49)/b8-6+,15-13-,19-14+,27-25+. The number of carbonyl (C=O) groups excluding carboxylic acids is 1. The van der Waals surface area contributed by atoms with Crippen LogP contribution in [0.2, 0.25) is 0 Å². The fraction of sp³-hybridized carbons (Fsp3) is 0.769. The number of amides is 1. The summed E-state index contributed by atoms with van der Waals surface area (Å²) in [7, 11) is -5.12. The van der Waals surface area contributed by atoms with E-state index in [0.29, 0.717) is 12.8 Å². The van der Waals surface area contributed by atoms with E-state index in [1.165, 1.54) is 31.8 Å². The maximum atomic E-state index is 13.0. The molecule has 53 heavy (non-hydrogen) atoms. The number of aliphatic hydroxyl groups is 5. The molecule has 0 spiro atoms. The van der Waals surface area contributed by atoms with Crippen LogP contribution in [0.15, 0.2) is 48.6 Å². The van der Waals surface area contributed by atoms with Gasteiger partial charge in [0.2, 0.25) is 5.91 Å². The lowest BCUT2D eigenvalue weighted by atomic mass is 9.99. The molecule has 1 amide bonds. The van der Waals surface area contributed by atoms with Gasteiger partial charge in [0.1, 0.15) is 30.5 Å². The summed E-state index contributed by atoms with van der Waals surface area (Å²) in [5.74, 6) is -0.728. The van der Waals surface area contributed by atoms with Crippen LogP contribution in [0.1, 0.15) is 129 Å². The Balaban J connectivity index is 2.70. The SMILES string of the molecule is CC/C=C/CC/C=C/CC/C=C/C(O)C(COC1OC(CO)C(O)C(OS(=O)(=O)O)C1O)NC(=O)C(O)CCCCCCCC/C=C\CCCCCC. The number of aliphatic hydroxyl groups excluding tert-OH is 5. The van der Waals surface area contributed by atoms with Gasteiger partial charge in [-0.1, -0.05) is 114 Å². The van der Waals surface area contributed by atoms with Gasteiger partial charge < -0.3 is 40.3 Å². The number of unbranched alkanes of at least 4 members (excludes halogenated alkanes) is 12. The van der Waals surface area contributed by atoms with Gasteiger partial charge in [-0.2, -0.15) is 8.42 Å². The van der Waals surface area contributed by atoms with Crippen LogP contribution in [0.5, 0.6) is 0 Å². The summed E-state index contributed by atoms with van der Waals surface area (Å²) >= 11 is 0. The molecular formula is C39H69NO12S. The van der Waals surface area contributed by atoms with Crippen LogP contribution in [0, 0.1) is 0 Å². The van der Waals surface area contributed by atoms with E-state index < -0.39 is 78.5 Å². The highest BCUT2D eigenvalue weighted by Gasteiger charge is 2.48. The number of allylic oxidation sites excluding steroid dienone is 7. The molecule has 1 aliphatic rings. The number of ether oxygens (including phenoxy) is 2. The van der Waals surface area contributed by atoms with Gasteiger partial charge in [-0.3, -0.25) is 9.35 Å². The first-order valence-corrected chi connectivity index (χ1v) is 21.0. The van der Waals surface area contributed by atoms with Crippen LogP contribution in [-0.2, 0) is 28.9 Å². The fourth-order valence-electron chi connectivity index (χ4n) is 5.79. The van der Waals surface area contributed by atoms with Gasteiger partial charge in [0.25, 0.3) is 0 Å². The molecule has 0 aromatic rings. The van der Waals surface area contributed by atoms with Crippen molar-refractivity contribution >= 4 is 16.3 Å². The molecule has 1 saturated heterocycles. The molecule has 1 fully saturated rings. The summed E-state index contributed by atoms with van der Waals surface area (Å²) in [6, 6.07) is -1.14. The minimum Gasteiger partial charge on any atom is -0.394 e. The van der Waals surface area contributed by atoms with Crippen LogP contribution in [-0.4, -0.2) is 107 Å². The van der Waals surface area contributed by atoms with Crippen LogP contribution in [0.4, 0.5) is 0 Å². The molecule has 308 valence electrons. The molecule has 8 atom stereocenters. The summed E-state index contributed by atoms with van der Waals surface area (Å²) < 4.78 is 47.2. The summed E-state index contributed by atoms with van der Waals surface area (Å²) in [5.41, 5.74) is 0. The first-order chi connectivity index (χ1) is 25.4. The summed E-state index contributed by atoms with van der Waals surface area (Å²) in [6.45, 7) is 3.00. The average Bonchev–Trinajstić information content (AvgIpc) is 3.12. The van der Waals surface area contributed by atoms with Crippen LogP contribution >= 0.6 is 0 Å². The lowest BCUT2D eigenvalue weighted by Gasteiger charge is -2.41. The normalized spacial score (nSPS) is 23.1. The largest absolute Gasteiger partial charge is 0.397 e. The summed E-state index contributed by atoms with van der Waals surface area (Å²) in [6.07, 6.45) is 22.3. The van der Waals surface area contributed by atoms with Gasteiger partial charge in [-0.15, -0.1) is 0 Å². The Bertz CT molecular complexity index is 1160. The molecule has 1 heterocycles. The number of hydrogen-bond acceptors (Lipinski definition) is 11. The zero-order valence-electron chi connectivity index (χ0n) is 31.9. The fourth-order valence-corrected chi connectivity index (χ4v) is 6.29. The van der Waals surface area contributed by atoms with E-state index in [1.54, 1.807) is 6.08 Å². The third kappa shape index (κ3) is 23.5. The molecular weight excluding hydrogens is 706 g/mol. The second kappa shape index (κ2) is 30.3. The van der Waals surface area contributed by atoms with Crippen molar-refractivity contribution in [3.8, 4) is 0 Å². The number of rotatable bonds is 31. The van der Waals surface area contributed by atoms with E-state index in [1.807, 2.05) is 6.08 Å². The molecule has 0 aromatic heterocycles. The van der Waals surface area contributed by atoms with Gasteiger partial charge in [0, 0.05) is 0 Å². The zero-order valence-corrected chi connectivity index (χ0v) is 32.7. The average molecular weight is 776 g/mol. The second-order valence-corrected chi connectivity index (χ2v) is 14.7. The molecule has 0 radical (unpaired) electrons. The topological polar surface area (TPSA) is 212 Å². The van der Waals surface area contributed by atoms with E-state index in [9.17, 15) is 38.7 Å². The Morgan fingerprint density at radius 1 is 0.774 bits per heavy atom. The maximum absolute atomic E-state index is 13.0. The minimum atomic E-state index is -5.12. The van der Waals surface area contributed by atoms with Crippen LogP contribution < -0.4 is 5.32 Å². The van der Waals surface area contributed by atoms with Crippen molar-refractivity contribution < 1.29 is 57.0 Å². The van der Waals surface area contributed by atoms with Crippen molar-refractivity contribution in [2.75, 3.05) is 13.2 Å². The smallest absolute Gasteiger partial charge is 0.394 e. The van der Waals surface area contributed by atoms with Crippen molar-refractivity contribution in [3.63, 3.8) is 0 Å². The lowest BCUT2D eigenvalue weighted by Crippen LogP contribution is -2.61. The highest BCUT2D eigenvalue weighted by Crippen LogP contribution is 2.26. The van der Waals surface area contributed by atoms with Crippen molar-refractivity contribution in [1.82, 2.24) is 5.32 Å². The first kappa shape index (κ1) is 49.0. The van der Waals surface area contributed by atoms with Crippen molar-refractivity contribution in [2.45, 2.75) is 178 Å². The molecule has 14 heteroatoms. The summed E-state index contributed by atoms with van der Waals surface area (Å²) in [4.78, 5) is 13.0. The van der Waals surface area contributed by atoms with Gasteiger partial charge in [-0.25, -0.2) is 4.18 Å². The highest BCUT2D eigenvalue weighted by molar-refractivity contribution is 7.80. The van der Waals surface area contributed by atoms with Crippen LogP contribution in [0.3, 0.4) is 0 Å². The highest BCUT2D eigenvalue weighted by atomic mass is 32.3. The first-order valence-electron chi connectivity index (χ1n) is 19.6.